The first-order valence-corrected chi connectivity index (χ1v) is 11.0. The molecule has 8 nitrogen and oxygen atoms in total. The molecule has 1 aliphatic rings. The number of carbonyl (C=O) groups excluding carboxylic acids is 2. The van der Waals surface area contributed by atoms with E-state index in [-0.39, 0.29) is 36.2 Å². The zero-order valence-electron chi connectivity index (χ0n) is 19.2. The third-order valence-electron chi connectivity index (χ3n) is 5.89. The number of ether oxygens (including phenoxy) is 1. The van der Waals surface area contributed by atoms with E-state index in [1.165, 1.54) is 6.20 Å². The second-order valence-electron chi connectivity index (χ2n) is 9.07. The molecule has 8 heteroatoms. The summed E-state index contributed by atoms with van der Waals surface area (Å²) >= 11 is 0. The minimum Gasteiger partial charge on any atom is -0.497 e. The van der Waals surface area contributed by atoms with E-state index in [0.717, 1.165) is 35.5 Å². The third kappa shape index (κ3) is 5.22. The molecule has 33 heavy (non-hydrogen) atoms. The van der Waals surface area contributed by atoms with Crippen molar-refractivity contribution in [2.45, 2.75) is 39.2 Å². The van der Waals surface area contributed by atoms with Crippen LogP contribution in [0.5, 0.6) is 5.75 Å². The number of nitrogens with zero attached hydrogens (tertiary/aromatic N) is 3. The van der Waals surface area contributed by atoms with Gasteiger partial charge in [-0.05, 0) is 54.7 Å². The van der Waals surface area contributed by atoms with E-state index in [2.05, 4.69) is 34.6 Å². The highest BCUT2D eigenvalue weighted by atomic mass is 16.5. The van der Waals surface area contributed by atoms with Crippen LogP contribution in [0.2, 0.25) is 0 Å². The predicted molar refractivity (Wildman–Crippen MR) is 124 cm³/mol. The Hall–Kier alpha value is -3.68. The van der Waals surface area contributed by atoms with Gasteiger partial charge in [-0.1, -0.05) is 13.8 Å². The van der Waals surface area contributed by atoms with Crippen molar-refractivity contribution in [1.82, 2.24) is 25.4 Å². The molecular formula is C25H29N5O3. The Morgan fingerprint density at radius 2 is 1.97 bits per heavy atom. The van der Waals surface area contributed by atoms with E-state index in [1.807, 2.05) is 35.1 Å². The fraction of sp³-hybridized carbons (Fsp3) is 0.360. The molecule has 1 aromatic carbocycles. The van der Waals surface area contributed by atoms with Crippen LogP contribution in [-0.2, 0) is 11.2 Å². The minimum absolute atomic E-state index is 0.00370. The van der Waals surface area contributed by atoms with Gasteiger partial charge in [-0.15, -0.1) is 0 Å². The molecule has 2 N–H and O–H groups in total. The van der Waals surface area contributed by atoms with Crippen molar-refractivity contribution < 1.29 is 14.3 Å². The summed E-state index contributed by atoms with van der Waals surface area (Å²) in [4.78, 5) is 28.8. The van der Waals surface area contributed by atoms with E-state index in [0.29, 0.717) is 5.56 Å². The summed E-state index contributed by atoms with van der Waals surface area (Å²) < 4.78 is 7.21. The first-order valence-electron chi connectivity index (χ1n) is 11.0. The minimum atomic E-state index is -0.238. The number of carbonyl (C=O) groups is 2. The van der Waals surface area contributed by atoms with Gasteiger partial charge in [-0.25, -0.2) is 4.68 Å². The Balaban J connectivity index is 1.43. The lowest BCUT2D eigenvalue weighted by atomic mass is 9.74. The summed E-state index contributed by atoms with van der Waals surface area (Å²) in [6.07, 6.45) is 6.85. The number of rotatable bonds is 7. The number of hydrogen-bond acceptors (Lipinski definition) is 5. The molecule has 0 unspecified atom stereocenters. The van der Waals surface area contributed by atoms with Crippen LogP contribution in [0.1, 0.15) is 54.3 Å². The smallest absolute Gasteiger partial charge is 0.252 e. The first kappa shape index (κ1) is 22.5. The molecule has 4 rings (SSSR count). The highest BCUT2D eigenvalue weighted by molar-refractivity contribution is 5.94. The zero-order chi connectivity index (χ0) is 23.4. The molecule has 0 spiro atoms. The summed E-state index contributed by atoms with van der Waals surface area (Å²) in [7, 11) is 1.64. The van der Waals surface area contributed by atoms with E-state index in [4.69, 9.17) is 4.74 Å². The van der Waals surface area contributed by atoms with Gasteiger partial charge in [-0.3, -0.25) is 14.6 Å². The quantitative estimate of drug-likeness (QED) is 0.580. The summed E-state index contributed by atoms with van der Waals surface area (Å²) in [6, 6.07) is 11.0. The molecule has 1 aliphatic carbocycles. The normalized spacial score (nSPS) is 16.5. The average Bonchev–Trinajstić information content (AvgIpc) is 3.22. The molecule has 0 bridgehead atoms. The van der Waals surface area contributed by atoms with Crippen molar-refractivity contribution in [3.8, 4) is 11.4 Å². The van der Waals surface area contributed by atoms with E-state index < -0.39 is 0 Å². The number of amides is 2. The maximum atomic E-state index is 12.7. The van der Waals surface area contributed by atoms with Gasteiger partial charge in [0.25, 0.3) is 5.91 Å². The van der Waals surface area contributed by atoms with E-state index in [1.54, 1.807) is 25.4 Å². The largest absolute Gasteiger partial charge is 0.497 e. The molecule has 2 aromatic heterocycles. The molecule has 3 aromatic rings. The molecule has 172 valence electrons. The Morgan fingerprint density at radius 3 is 2.67 bits per heavy atom. The van der Waals surface area contributed by atoms with Gasteiger partial charge >= 0.3 is 0 Å². The molecule has 1 atom stereocenters. The predicted octanol–water partition coefficient (Wildman–Crippen LogP) is 3.23. The molecule has 0 radical (unpaired) electrons. The van der Waals surface area contributed by atoms with Crippen LogP contribution >= 0.6 is 0 Å². The fourth-order valence-corrected chi connectivity index (χ4v) is 4.27. The number of methoxy groups -OCH3 is 1. The lowest BCUT2D eigenvalue weighted by Gasteiger charge is -2.36. The van der Waals surface area contributed by atoms with Crippen molar-refractivity contribution in [3.63, 3.8) is 0 Å². The standard InChI is InChI=1S/C25H29N5O3/c1-25(2)13-21(29-23(31)10-12-27-24(32)17-5-4-11-26-15-17)20-16-28-30(22(20)14-25)18-6-8-19(33-3)9-7-18/h4-9,11,15-16,21H,10,12-14H2,1-3H3,(H,27,32)(H,29,31)/t21-/m0/s1. The van der Waals surface area contributed by atoms with Gasteiger partial charge in [0.05, 0.1) is 36.3 Å². The van der Waals surface area contributed by atoms with Crippen LogP contribution in [-0.4, -0.2) is 40.2 Å². The van der Waals surface area contributed by atoms with Gasteiger partial charge < -0.3 is 15.4 Å². The topological polar surface area (TPSA) is 98.1 Å². The van der Waals surface area contributed by atoms with Crippen molar-refractivity contribution in [2.24, 2.45) is 5.41 Å². The van der Waals surface area contributed by atoms with Crippen molar-refractivity contribution >= 4 is 11.8 Å². The third-order valence-corrected chi connectivity index (χ3v) is 5.89. The van der Waals surface area contributed by atoms with Crippen LogP contribution < -0.4 is 15.4 Å². The molecule has 2 heterocycles. The van der Waals surface area contributed by atoms with Crippen LogP contribution in [0.3, 0.4) is 0 Å². The molecule has 0 aliphatic heterocycles. The summed E-state index contributed by atoms with van der Waals surface area (Å²) in [5, 5.41) is 10.5. The van der Waals surface area contributed by atoms with E-state index in [9.17, 15) is 9.59 Å². The summed E-state index contributed by atoms with van der Waals surface area (Å²) in [5.41, 5.74) is 3.58. The SMILES string of the molecule is COc1ccc(-n2ncc3c2CC(C)(C)C[C@@H]3NC(=O)CCNC(=O)c2cccnc2)cc1. The Bertz CT molecular complexity index is 1120. The number of nitrogens with one attached hydrogen (secondary N) is 2. The van der Waals surface area contributed by atoms with Crippen molar-refractivity contribution in [2.75, 3.05) is 13.7 Å². The fourth-order valence-electron chi connectivity index (χ4n) is 4.27. The van der Waals surface area contributed by atoms with Crippen LogP contribution in [0.25, 0.3) is 5.69 Å². The monoisotopic (exact) mass is 447 g/mol. The molecule has 0 fully saturated rings. The van der Waals surface area contributed by atoms with Crippen LogP contribution in [0.4, 0.5) is 0 Å². The number of fused-ring (bicyclic) bond motifs is 1. The van der Waals surface area contributed by atoms with Crippen molar-refractivity contribution in [1.29, 1.82) is 0 Å². The molecule has 0 saturated carbocycles. The highest BCUT2D eigenvalue weighted by Crippen LogP contribution is 2.41. The first-order chi connectivity index (χ1) is 15.9. The number of aromatic nitrogens is 3. The Kier molecular flexibility index (Phi) is 6.44. The Labute approximate surface area is 193 Å². The van der Waals surface area contributed by atoms with Crippen LogP contribution in [0, 0.1) is 5.41 Å². The lowest BCUT2D eigenvalue weighted by Crippen LogP contribution is -2.38. The van der Waals surface area contributed by atoms with Gasteiger partial charge in [0, 0.05) is 30.9 Å². The number of hydrogen-bond donors (Lipinski definition) is 2. The molecular weight excluding hydrogens is 418 g/mol. The number of benzene rings is 1. The summed E-state index contributed by atoms with van der Waals surface area (Å²) in [5.74, 6) is 0.450. The van der Waals surface area contributed by atoms with Gasteiger partial charge in [0.2, 0.25) is 5.91 Å². The molecule has 2 amide bonds. The van der Waals surface area contributed by atoms with Crippen molar-refractivity contribution in [3.05, 3.63) is 71.8 Å². The van der Waals surface area contributed by atoms with Crippen LogP contribution in [0.15, 0.2) is 55.0 Å². The lowest BCUT2D eigenvalue weighted by molar-refractivity contribution is -0.122. The number of pyridine rings is 1. The summed E-state index contributed by atoms with van der Waals surface area (Å²) in [6.45, 7) is 4.66. The van der Waals surface area contributed by atoms with E-state index >= 15 is 0 Å². The van der Waals surface area contributed by atoms with Gasteiger partial charge in [0.15, 0.2) is 0 Å². The maximum Gasteiger partial charge on any atom is 0.252 e. The Morgan fingerprint density at radius 1 is 1.18 bits per heavy atom. The zero-order valence-corrected chi connectivity index (χ0v) is 19.2. The van der Waals surface area contributed by atoms with Gasteiger partial charge in [0.1, 0.15) is 5.75 Å². The second kappa shape index (κ2) is 9.44. The van der Waals surface area contributed by atoms with Gasteiger partial charge in [-0.2, -0.15) is 5.10 Å². The second-order valence-corrected chi connectivity index (χ2v) is 9.07. The maximum absolute atomic E-state index is 12.7. The molecule has 0 saturated heterocycles. The highest BCUT2D eigenvalue weighted by Gasteiger charge is 2.36. The average molecular weight is 448 g/mol.